The number of rotatable bonds is 2. The molecule has 1 spiro atoms. The third kappa shape index (κ3) is 2.01. The molecule has 4 nitrogen and oxygen atoms in total. The van der Waals surface area contributed by atoms with E-state index >= 15 is 0 Å². The van der Waals surface area contributed by atoms with E-state index in [-0.39, 0.29) is 17.1 Å². The predicted octanol–water partition coefficient (Wildman–Crippen LogP) is 2.38. The van der Waals surface area contributed by atoms with Crippen molar-refractivity contribution in [2.45, 2.75) is 25.4 Å². The second kappa shape index (κ2) is 4.00. The summed E-state index contributed by atoms with van der Waals surface area (Å²) in [6.07, 6.45) is -0.991. The second-order valence-electron chi connectivity index (χ2n) is 5.42. The van der Waals surface area contributed by atoms with E-state index in [2.05, 4.69) is 10.4 Å². The van der Waals surface area contributed by atoms with Crippen LogP contribution >= 0.6 is 0 Å². The Balaban J connectivity index is 1.89. The van der Waals surface area contributed by atoms with E-state index in [1.54, 1.807) is 4.90 Å². The minimum atomic E-state index is -4.39. The fraction of sp³-hybridized carbons (Fsp3) is 0.583. The lowest BCUT2D eigenvalue weighted by Gasteiger charge is -2.56. The van der Waals surface area contributed by atoms with Crippen LogP contribution < -0.4 is 16.2 Å². The third-order valence-electron chi connectivity index (χ3n) is 4.09. The van der Waals surface area contributed by atoms with Crippen molar-refractivity contribution in [1.29, 1.82) is 0 Å². The maximum Gasteiger partial charge on any atom is 0.419 e. The zero-order chi connectivity index (χ0) is 13.7. The van der Waals surface area contributed by atoms with Crippen molar-refractivity contribution in [3.05, 3.63) is 17.7 Å². The topological polar surface area (TPSA) is 54.2 Å². The first-order valence-electron chi connectivity index (χ1n) is 6.23. The van der Waals surface area contributed by atoms with Crippen LogP contribution in [0, 0.1) is 5.41 Å². The molecule has 2 fully saturated rings. The molecule has 1 saturated carbocycles. The van der Waals surface area contributed by atoms with Crippen LogP contribution in [-0.2, 0) is 6.18 Å². The van der Waals surface area contributed by atoms with Crippen LogP contribution in [0.1, 0.15) is 24.8 Å². The lowest BCUT2D eigenvalue weighted by molar-refractivity contribution is -0.137. The van der Waals surface area contributed by atoms with Gasteiger partial charge in [-0.05, 0) is 25.0 Å². The maximum atomic E-state index is 13.0. The Morgan fingerprint density at radius 1 is 1.26 bits per heavy atom. The van der Waals surface area contributed by atoms with Crippen molar-refractivity contribution in [1.82, 2.24) is 4.98 Å². The number of anilines is 2. The highest BCUT2D eigenvalue weighted by molar-refractivity contribution is 5.56. The quantitative estimate of drug-likeness (QED) is 0.641. The molecule has 19 heavy (non-hydrogen) atoms. The van der Waals surface area contributed by atoms with Gasteiger partial charge in [-0.2, -0.15) is 13.2 Å². The normalized spacial score (nSPS) is 20.9. The number of hydrogen-bond acceptors (Lipinski definition) is 4. The summed E-state index contributed by atoms with van der Waals surface area (Å²) in [6.45, 7) is 1.33. The van der Waals surface area contributed by atoms with Gasteiger partial charge in [0.1, 0.15) is 11.6 Å². The van der Waals surface area contributed by atoms with E-state index in [1.165, 1.54) is 12.5 Å². The van der Waals surface area contributed by atoms with Gasteiger partial charge in [-0.1, -0.05) is 6.42 Å². The molecule has 104 valence electrons. The molecule has 7 heteroatoms. The summed E-state index contributed by atoms with van der Waals surface area (Å²) < 4.78 is 38.9. The third-order valence-corrected chi connectivity index (χ3v) is 4.09. The molecule has 3 rings (SSSR count). The molecule has 1 aromatic rings. The second-order valence-corrected chi connectivity index (χ2v) is 5.42. The summed E-state index contributed by atoms with van der Waals surface area (Å²) >= 11 is 0. The van der Waals surface area contributed by atoms with Crippen LogP contribution in [0.2, 0.25) is 0 Å². The first kappa shape index (κ1) is 12.5. The van der Waals surface area contributed by atoms with Crippen molar-refractivity contribution in [2.24, 2.45) is 11.3 Å². The molecular formula is C12H15F3N4. The van der Waals surface area contributed by atoms with E-state index in [4.69, 9.17) is 5.84 Å². The predicted molar refractivity (Wildman–Crippen MR) is 65.5 cm³/mol. The number of halogens is 3. The molecule has 1 aliphatic carbocycles. The molecule has 1 saturated heterocycles. The largest absolute Gasteiger partial charge is 0.419 e. The van der Waals surface area contributed by atoms with Gasteiger partial charge in [0.15, 0.2) is 0 Å². The van der Waals surface area contributed by atoms with E-state index < -0.39 is 11.7 Å². The number of nitrogens with one attached hydrogen (secondary N) is 1. The van der Waals surface area contributed by atoms with Crippen LogP contribution in [0.25, 0.3) is 0 Å². The Morgan fingerprint density at radius 3 is 2.42 bits per heavy atom. The lowest BCUT2D eigenvalue weighted by Crippen LogP contribution is -2.60. The smallest absolute Gasteiger partial charge is 0.355 e. The average molecular weight is 272 g/mol. The fourth-order valence-electron chi connectivity index (χ4n) is 2.90. The summed E-state index contributed by atoms with van der Waals surface area (Å²) in [4.78, 5) is 5.67. The maximum absolute atomic E-state index is 13.0. The molecule has 0 unspecified atom stereocenters. The van der Waals surface area contributed by atoms with Crippen LogP contribution in [0.5, 0.6) is 0 Å². The van der Waals surface area contributed by atoms with Gasteiger partial charge in [-0.25, -0.2) is 10.8 Å². The van der Waals surface area contributed by atoms with Crippen molar-refractivity contribution in [2.75, 3.05) is 23.4 Å². The molecule has 0 radical (unpaired) electrons. The van der Waals surface area contributed by atoms with Crippen molar-refractivity contribution in [3.8, 4) is 0 Å². The Morgan fingerprint density at radius 2 is 1.95 bits per heavy atom. The first-order valence-corrected chi connectivity index (χ1v) is 6.23. The highest BCUT2D eigenvalue weighted by Crippen LogP contribution is 2.50. The number of aromatic nitrogens is 1. The summed E-state index contributed by atoms with van der Waals surface area (Å²) in [5, 5.41) is 0. The van der Waals surface area contributed by atoms with Crippen LogP contribution in [0.15, 0.2) is 12.1 Å². The number of hydrogen-bond donors (Lipinski definition) is 2. The highest BCUT2D eigenvalue weighted by atomic mass is 19.4. The molecule has 2 aliphatic rings. The highest BCUT2D eigenvalue weighted by Gasteiger charge is 2.49. The number of pyridine rings is 1. The van der Waals surface area contributed by atoms with E-state index in [0.29, 0.717) is 13.1 Å². The summed E-state index contributed by atoms with van der Waals surface area (Å²) in [6, 6.07) is 2.27. The average Bonchev–Trinajstić information content (AvgIpc) is 2.23. The lowest BCUT2D eigenvalue weighted by atomic mass is 9.63. The van der Waals surface area contributed by atoms with Gasteiger partial charge in [0, 0.05) is 18.5 Å². The summed E-state index contributed by atoms with van der Waals surface area (Å²) in [5.41, 5.74) is 1.85. The van der Waals surface area contributed by atoms with Gasteiger partial charge in [0.05, 0.1) is 5.56 Å². The molecule has 0 bridgehead atoms. The number of nitrogen functional groups attached to an aromatic ring is 1. The van der Waals surface area contributed by atoms with Crippen LogP contribution in [0.3, 0.4) is 0 Å². The SMILES string of the molecule is NNc1ccc(C(F)(F)F)c(N2CC3(CCC3)C2)n1. The monoisotopic (exact) mass is 272 g/mol. The standard InChI is InChI=1S/C12H15F3N4/c13-12(14,15)8-2-3-9(18-16)17-10(8)19-6-11(7-19)4-1-5-11/h2-3H,1,4-7,16H2,(H,17,18). The Bertz CT molecular complexity index is 488. The van der Waals surface area contributed by atoms with Gasteiger partial charge in [0.25, 0.3) is 0 Å². The van der Waals surface area contributed by atoms with Crippen molar-refractivity contribution < 1.29 is 13.2 Å². The number of hydrazine groups is 1. The minimum absolute atomic E-state index is 0.0134. The van der Waals surface area contributed by atoms with Crippen molar-refractivity contribution in [3.63, 3.8) is 0 Å². The van der Waals surface area contributed by atoms with Gasteiger partial charge in [0.2, 0.25) is 0 Å². The minimum Gasteiger partial charge on any atom is -0.355 e. The molecule has 0 amide bonds. The molecule has 2 heterocycles. The molecule has 0 atom stereocenters. The number of nitrogens with two attached hydrogens (primary N) is 1. The number of nitrogens with zero attached hydrogens (tertiary/aromatic N) is 2. The van der Waals surface area contributed by atoms with E-state index in [1.807, 2.05) is 0 Å². The van der Waals surface area contributed by atoms with Crippen LogP contribution in [0.4, 0.5) is 24.8 Å². The van der Waals surface area contributed by atoms with Crippen molar-refractivity contribution >= 4 is 11.6 Å². The first-order chi connectivity index (χ1) is 8.93. The molecule has 0 aromatic carbocycles. The van der Waals surface area contributed by atoms with Gasteiger partial charge in [-0.3, -0.25) is 0 Å². The fourth-order valence-corrected chi connectivity index (χ4v) is 2.90. The Hall–Kier alpha value is -1.50. The van der Waals surface area contributed by atoms with Gasteiger partial charge in [-0.15, -0.1) is 0 Å². The molecule has 1 aliphatic heterocycles. The number of alkyl halides is 3. The molecule has 3 N–H and O–H groups in total. The zero-order valence-corrected chi connectivity index (χ0v) is 10.3. The van der Waals surface area contributed by atoms with E-state index in [9.17, 15) is 13.2 Å². The van der Waals surface area contributed by atoms with Gasteiger partial charge < -0.3 is 10.3 Å². The van der Waals surface area contributed by atoms with Crippen LogP contribution in [-0.4, -0.2) is 18.1 Å². The van der Waals surface area contributed by atoms with E-state index in [0.717, 1.165) is 18.9 Å². The van der Waals surface area contributed by atoms with Gasteiger partial charge >= 0.3 is 6.18 Å². The Labute approximate surface area is 108 Å². The summed E-state index contributed by atoms with van der Waals surface area (Å²) in [5.74, 6) is 5.45. The molecular weight excluding hydrogens is 257 g/mol. The summed E-state index contributed by atoms with van der Waals surface area (Å²) in [7, 11) is 0. The molecule has 1 aromatic heterocycles. The Kier molecular flexibility index (Phi) is 2.63. The zero-order valence-electron chi connectivity index (χ0n) is 10.3.